The summed E-state index contributed by atoms with van der Waals surface area (Å²) in [7, 11) is 2.06. The van der Waals surface area contributed by atoms with Crippen LogP contribution in [0.25, 0.3) is 27.4 Å². The number of anilines is 1. The van der Waals surface area contributed by atoms with E-state index >= 15 is 0 Å². The van der Waals surface area contributed by atoms with E-state index in [1.807, 2.05) is 26.0 Å². The molecule has 0 radical (unpaired) electrons. The van der Waals surface area contributed by atoms with Crippen molar-refractivity contribution in [3.05, 3.63) is 75.7 Å². The summed E-state index contributed by atoms with van der Waals surface area (Å²) in [5.41, 5.74) is 9.78. The number of fused-ring (bicyclic) bond motifs is 1. The zero-order valence-electron chi connectivity index (χ0n) is 21.3. The molecule has 0 unspecified atom stereocenters. The molecule has 1 N–H and O–H groups in total. The maximum absolute atomic E-state index is 12.9. The van der Waals surface area contributed by atoms with Crippen LogP contribution < -0.4 is 5.32 Å². The molecule has 5 aromatic rings. The average molecular weight is 516 g/mol. The molecule has 0 bridgehead atoms. The molecule has 184 valence electrons. The summed E-state index contributed by atoms with van der Waals surface area (Å²) in [6.07, 6.45) is 0. The van der Waals surface area contributed by atoms with Crippen molar-refractivity contribution < 1.29 is 4.79 Å². The molecule has 8 heteroatoms. The van der Waals surface area contributed by atoms with Gasteiger partial charge in [0.05, 0.1) is 27.4 Å². The number of aryl methyl sites for hydroxylation is 6. The van der Waals surface area contributed by atoms with E-state index in [-0.39, 0.29) is 11.7 Å². The number of aromatic nitrogens is 4. The van der Waals surface area contributed by atoms with Gasteiger partial charge in [-0.3, -0.25) is 9.36 Å². The molecule has 0 fully saturated rings. The minimum atomic E-state index is -0.0715. The first kappa shape index (κ1) is 24.3. The summed E-state index contributed by atoms with van der Waals surface area (Å²) in [4.78, 5) is 12.9. The molecule has 0 saturated carbocycles. The maximum atomic E-state index is 12.9. The molecule has 3 heterocycles. The number of thioether (sulfide) groups is 1. The Kier molecular flexibility index (Phi) is 6.49. The second-order valence-electron chi connectivity index (χ2n) is 9.36. The van der Waals surface area contributed by atoms with Gasteiger partial charge in [-0.05, 0) is 86.5 Å². The van der Waals surface area contributed by atoms with Crippen molar-refractivity contribution in [3.8, 4) is 17.2 Å². The first-order valence-electron chi connectivity index (χ1n) is 11.8. The molecule has 1 amide bonds. The number of hydrogen-bond acceptors (Lipinski definition) is 5. The first-order chi connectivity index (χ1) is 17.2. The summed E-state index contributed by atoms with van der Waals surface area (Å²) in [5.74, 6) is 0.933. The second kappa shape index (κ2) is 9.59. The van der Waals surface area contributed by atoms with Crippen molar-refractivity contribution in [2.24, 2.45) is 7.05 Å². The van der Waals surface area contributed by atoms with Gasteiger partial charge >= 0.3 is 0 Å². The highest BCUT2D eigenvalue weighted by molar-refractivity contribution is 7.99. The van der Waals surface area contributed by atoms with Gasteiger partial charge in [0.15, 0.2) is 11.0 Å². The van der Waals surface area contributed by atoms with E-state index in [2.05, 4.69) is 88.2 Å². The van der Waals surface area contributed by atoms with Crippen LogP contribution in [0.2, 0.25) is 0 Å². The van der Waals surface area contributed by atoms with E-state index in [0.717, 1.165) is 45.1 Å². The van der Waals surface area contributed by atoms with Crippen LogP contribution in [-0.2, 0) is 11.8 Å². The van der Waals surface area contributed by atoms with E-state index in [1.54, 1.807) is 11.3 Å². The largest absolute Gasteiger partial charge is 0.340 e. The van der Waals surface area contributed by atoms with Gasteiger partial charge < -0.3 is 9.88 Å². The van der Waals surface area contributed by atoms with Gasteiger partial charge in [-0.15, -0.1) is 21.5 Å². The highest BCUT2D eigenvalue weighted by Crippen LogP contribution is 2.35. The van der Waals surface area contributed by atoms with Crippen molar-refractivity contribution in [2.75, 3.05) is 11.1 Å². The Hall–Kier alpha value is -3.36. The van der Waals surface area contributed by atoms with Gasteiger partial charge in [0, 0.05) is 12.7 Å². The van der Waals surface area contributed by atoms with Crippen molar-refractivity contribution in [3.63, 3.8) is 0 Å². The van der Waals surface area contributed by atoms with Crippen molar-refractivity contribution in [1.82, 2.24) is 19.3 Å². The Morgan fingerprint density at radius 1 is 0.944 bits per heavy atom. The van der Waals surface area contributed by atoms with Gasteiger partial charge in [-0.1, -0.05) is 35.5 Å². The van der Waals surface area contributed by atoms with E-state index in [1.165, 1.54) is 27.5 Å². The van der Waals surface area contributed by atoms with Crippen molar-refractivity contribution in [2.45, 2.75) is 39.8 Å². The second-order valence-corrected chi connectivity index (χ2v) is 11.3. The lowest BCUT2D eigenvalue weighted by Gasteiger charge is -2.17. The zero-order chi connectivity index (χ0) is 25.6. The van der Waals surface area contributed by atoms with E-state index in [4.69, 9.17) is 0 Å². The molecule has 0 spiro atoms. The Labute approximate surface area is 219 Å². The van der Waals surface area contributed by atoms with Gasteiger partial charge in [-0.25, -0.2) is 0 Å². The van der Waals surface area contributed by atoms with Crippen molar-refractivity contribution in [1.29, 1.82) is 0 Å². The number of carbonyl (C=O) groups is 1. The molecule has 0 atom stereocenters. The molecule has 0 aliphatic rings. The Bertz CT molecular complexity index is 1560. The van der Waals surface area contributed by atoms with Gasteiger partial charge in [0.1, 0.15) is 0 Å². The van der Waals surface area contributed by atoms with Crippen LogP contribution >= 0.6 is 23.1 Å². The number of amides is 1. The SMILES string of the molecule is Cc1cc(C)cc(NC(=O)CSc2nnc(-c3cc4sccc4n3C)n2-c2c(C)cc(C)cc2C)c1. The number of carbonyl (C=O) groups excluding carboxylic acids is 1. The number of benzene rings is 2. The predicted octanol–water partition coefficient (Wildman–Crippen LogP) is 6.76. The molecule has 0 aliphatic heterocycles. The Balaban J connectivity index is 1.52. The maximum Gasteiger partial charge on any atom is 0.234 e. The third-order valence-electron chi connectivity index (χ3n) is 6.22. The summed E-state index contributed by atoms with van der Waals surface area (Å²) in [5, 5.41) is 15.0. The minimum absolute atomic E-state index is 0.0715. The first-order valence-corrected chi connectivity index (χ1v) is 13.7. The van der Waals surface area contributed by atoms with Crippen LogP contribution in [0.1, 0.15) is 27.8 Å². The fourth-order valence-corrected chi connectivity index (χ4v) is 6.48. The van der Waals surface area contributed by atoms with Gasteiger partial charge in [-0.2, -0.15) is 0 Å². The highest BCUT2D eigenvalue weighted by atomic mass is 32.2. The molecule has 3 aromatic heterocycles. The molecule has 6 nitrogen and oxygen atoms in total. The fourth-order valence-electron chi connectivity index (χ4n) is 4.89. The van der Waals surface area contributed by atoms with E-state index in [0.29, 0.717) is 5.16 Å². The number of nitrogens with zero attached hydrogens (tertiary/aromatic N) is 4. The lowest BCUT2D eigenvalue weighted by atomic mass is 10.0. The topological polar surface area (TPSA) is 64.7 Å². The van der Waals surface area contributed by atoms with Crippen LogP contribution in [0.4, 0.5) is 5.69 Å². The Morgan fingerprint density at radius 2 is 1.61 bits per heavy atom. The van der Waals surface area contributed by atoms with Crippen LogP contribution in [0.15, 0.2) is 53.0 Å². The molecular formula is C28H29N5OS2. The number of nitrogens with one attached hydrogen (secondary N) is 1. The van der Waals surface area contributed by atoms with E-state index < -0.39 is 0 Å². The molecular weight excluding hydrogens is 486 g/mol. The normalized spacial score (nSPS) is 11.4. The summed E-state index contributed by atoms with van der Waals surface area (Å²) < 4.78 is 5.48. The van der Waals surface area contributed by atoms with Crippen LogP contribution in [0, 0.1) is 34.6 Å². The predicted molar refractivity (Wildman–Crippen MR) is 151 cm³/mol. The molecule has 36 heavy (non-hydrogen) atoms. The number of thiophene rings is 1. The molecule has 0 saturated heterocycles. The fraction of sp³-hybridized carbons (Fsp3) is 0.250. The van der Waals surface area contributed by atoms with Crippen LogP contribution in [0.5, 0.6) is 0 Å². The lowest BCUT2D eigenvalue weighted by Crippen LogP contribution is -2.15. The van der Waals surface area contributed by atoms with Gasteiger partial charge in [0.25, 0.3) is 0 Å². The standard InChI is InChI=1S/C28H29N5OS2/c1-16-9-17(2)13-21(12-16)29-25(34)15-36-28-31-30-27(23-14-24-22(32(23)6)7-8-35-24)33(28)26-19(4)10-18(3)11-20(26)5/h7-14H,15H2,1-6H3,(H,29,34). The highest BCUT2D eigenvalue weighted by Gasteiger charge is 2.23. The molecule has 5 rings (SSSR count). The third kappa shape index (κ3) is 4.58. The summed E-state index contributed by atoms with van der Waals surface area (Å²) in [6.45, 7) is 10.4. The minimum Gasteiger partial charge on any atom is -0.340 e. The Morgan fingerprint density at radius 3 is 2.28 bits per heavy atom. The quantitative estimate of drug-likeness (QED) is 0.254. The summed E-state index contributed by atoms with van der Waals surface area (Å²) in [6, 6.07) is 14.7. The smallest absolute Gasteiger partial charge is 0.234 e. The number of hydrogen-bond donors (Lipinski definition) is 1. The van der Waals surface area contributed by atoms with Gasteiger partial charge in [0.2, 0.25) is 5.91 Å². The summed E-state index contributed by atoms with van der Waals surface area (Å²) >= 11 is 3.11. The molecule has 2 aromatic carbocycles. The average Bonchev–Trinajstić information content (AvgIpc) is 3.48. The zero-order valence-corrected chi connectivity index (χ0v) is 23.0. The van der Waals surface area contributed by atoms with E-state index in [9.17, 15) is 4.79 Å². The van der Waals surface area contributed by atoms with Crippen LogP contribution in [0.3, 0.4) is 0 Å². The lowest BCUT2D eigenvalue weighted by molar-refractivity contribution is -0.113. The van der Waals surface area contributed by atoms with Crippen LogP contribution in [-0.4, -0.2) is 31.0 Å². The molecule has 0 aliphatic carbocycles. The number of rotatable bonds is 6. The third-order valence-corrected chi connectivity index (χ3v) is 8.01. The van der Waals surface area contributed by atoms with Crippen molar-refractivity contribution >= 4 is 44.9 Å². The monoisotopic (exact) mass is 515 g/mol.